The molecule has 3 aromatic rings. The highest BCUT2D eigenvalue weighted by Gasteiger charge is 2.06. The molecule has 0 aliphatic rings. The maximum Gasteiger partial charge on any atom is 0.133 e. The molecule has 0 aliphatic carbocycles. The fourth-order valence-electron chi connectivity index (χ4n) is 1.32. The molecular formula is C12H8OS. The molecule has 0 saturated heterocycles. The van der Waals surface area contributed by atoms with Crippen LogP contribution in [0.3, 0.4) is 0 Å². The maximum absolute atomic E-state index is 9.99. The Morgan fingerprint density at radius 1 is 1.00 bits per heavy atom. The van der Waals surface area contributed by atoms with Gasteiger partial charge in [0.05, 0.1) is 14.3 Å². The molecule has 2 heteroatoms. The van der Waals surface area contributed by atoms with Gasteiger partial charge in [0.25, 0.3) is 0 Å². The normalized spacial score (nSPS) is 18.1. The first-order valence-electron chi connectivity index (χ1n) is 7.38. The average Bonchev–Trinajstić information content (AvgIpc) is 2.87. The van der Waals surface area contributed by atoms with Gasteiger partial charge in [-0.05, 0) is 12.1 Å². The quantitative estimate of drug-likeness (QED) is 0.595. The molecule has 3 rings (SSSR count). The van der Waals surface area contributed by atoms with Gasteiger partial charge in [-0.3, -0.25) is 0 Å². The number of benzene rings is 2. The van der Waals surface area contributed by atoms with E-state index in [4.69, 9.17) is 9.60 Å². The highest BCUT2D eigenvalue weighted by molar-refractivity contribution is 7.26. The topological polar surface area (TPSA) is 20.2 Å². The van der Waals surface area contributed by atoms with Gasteiger partial charge in [0.15, 0.2) is 0 Å². The summed E-state index contributed by atoms with van der Waals surface area (Å²) in [6, 6.07) is -2.62. The summed E-state index contributed by atoms with van der Waals surface area (Å²) in [6.45, 7) is 0. The van der Waals surface area contributed by atoms with E-state index in [0.717, 1.165) is 11.3 Å². The van der Waals surface area contributed by atoms with Gasteiger partial charge >= 0.3 is 0 Å². The Balaban J connectivity index is 2.73. The summed E-state index contributed by atoms with van der Waals surface area (Å²) in [6.07, 6.45) is 0. The van der Waals surface area contributed by atoms with Gasteiger partial charge in [-0.2, -0.15) is 0 Å². The Morgan fingerprint density at radius 2 is 1.79 bits per heavy atom. The van der Waals surface area contributed by atoms with Crippen molar-refractivity contribution in [3.05, 3.63) is 42.3 Å². The lowest BCUT2D eigenvalue weighted by Crippen LogP contribution is -1.65. The minimum atomic E-state index is -0.477. The van der Waals surface area contributed by atoms with Crippen LogP contribution >= 0.6 is 11.3 Å². The van der Waals surface area contributed by atoms with Gasteiger partial charge in [0.1, 0.15) is 5.75 Å². The molecule has 0 atom stereocenters. The largest absolute Gasteiger partial charge is 0.506 e. The number of aromatic hydroxyl groups is 1. The number of thiophene rings is 1. The first kappa shape index (κ1) is 3.55. The lowest BCUT2D eigenvalue weighted by Gasteiger charge is -1.92. The van der Waals surface area contributed by atoms with Crippen molar-refractivity contribution in [2.24, 2.45) is 0 Å². The Bertz CT molecular complexity index is 857. The second kappa shape index (κ2) is 2.72. The molecule has 1 nitrogen and oxygen atoms in total. The van der Waals surface area contributed by atoms with Crippen LogP contribution in [-0.2, 0) is 0 Å². The van der Waals surface area contributed by atoms with Gasteiger partial charge in [-0.15, -0.1) is 11.3 Å². The summed E-state index contributed by atoms with van der Waals surface area (Å²) in [5.74, 6) is -0.468. The Hall–Kier alpha value is -1.54. The van der Waals surface area contributed by atoms with Crippen molar-refractivity contribution in [2.45, 2.75) is 0 Å². The fraction of sp³-hybridized carbons (Fsp3) is 0. The molecule has 1 N–H and O–H groups in total. The van der Waals surface area contributed by atoms with Crippen LogP contribution in [0.1, 0.15) is 9.60 Å². The monoisotopic (exact) mass is 207 g/mol. The SMILES string of the molecule is [2H]c1c([2H])c([2H])c2c(sc3c(O)c([2H])c([2H])c([2H])c32)c1[2H]. The second-order valence-electron chi connectivity index (χ2n) is 2.73. The van der Waals surface area contributed by atoms with Crippen LogP contribution in [0.4, 0.5) is 0 Å². The number of hydrogen-bond acceptors (Lipinski definition) is 2. The third-order valence-corrected chi connectivity index (χ3v) is 3.03. The van der Waals surface area contributed by atoms with Crippen LogP contribution in [0.2, 0.25) is 0 Å². The van der Waals surface area contributed by atoms with E-state index >= 15 is 0 Å². The van der Waals surface area contributed by atoms with Crippen molar-refractivity contribution in [1.29, 1.82) is 0 Å². The molecule has 14 heavy (non-hydrogen) atoms. The average molecular weight is 207 g/mol. The number of fused-ring (bicyclic) bond motifs is 3. The summed E-state index contributed by atoms with van der Waals surface area (Å²) in [4.78, 5) is 0. The van der Waals surface area contributed by atoms with Crippen molar-refractivity contribution in [1.82, 2.24) is 0 Å². The Morgan fingerprint density at radius 3 is 2.71 bits per heavy atom. The maximum atomic E-state index is 9.99. The lowest BCUT2D eigenvalue weighted by atomic mass is 10.1. The smallest absolute Gasteiger partial charge is 0.133 e. The Labute approximate surface area is 95.1 Å². The molecule has 1 heterocycles. The van der Waals surface area contributed by atoms with Crippen molar-refractivity contribution in [3.8, 4) is 5.75 Å². The predicted molar refractivity (Wildman–Crippen MR) is 61.0 cm³/mol. The summed E-state index contributed by atoms with van der Waals surface area (Å²) in [7, 11) is 0. The molecule has 68 valence electrons. The molecule has 0 unspecified atom stereocenters. The van der Waals surface area contributed by atoms with E-state index in [9.17, 15) is 5.11 Å². The summed E-state index contributed by atoms with van der Waals surface area (Å²) < 4.78 is 54.8. The van der Waals surface area contributed by atoms with Gasteiger partial charge in [0.2, 0.25) is 0 Å². The van der Waals surface area contributed by atoms with E-state index in [1.165, 1.54) is 0 Å². The van der Waals surface area contributed by atoms with E-state index in [2.05, 4.69) is 0 Å². The minimum Gasteiger partial charge on any atom is -0.506 e. The third-order valence-electron chi connectivity index (χ3n) is 1.92. The van der Waals surface area contributed by atoms with Gasteiger partial charge in [-0.1, -0.05) is 30.2 Å². The molecule has 0 spiro atoms. The van der Waals surface area contributed by atoms with Crippen molar-refractivity contribution < 1.29 is 14.7 Å². The van der Waals surface area contributed by atoms with E-state index in [0.29, 0.717) is 0 Å². The van der Waals surface area contributed by atoms with Gasteiger partial charge in [0, 0.05) is 15.5 Å². The standard InChI is InChI=1S/C12H8OS/c13-10-6-3-5-9-8-4-1-2-7-11(8)14-12(9)10/h1-7,13H/i1D,2D,3D,4D,5D,6D,7D. The number of phenolic OH excluding ortho intramolecular Hbond substituents is 1. The summed E-state index contributed by atoms with van der Waals surface area (Å²) in [5, 5.41) is 10.2. The molecule has 2 aromatic carbocycles. The highest BCUT2D eigenvalue weighted by atomic mass is 32.1. The molecule has 0 saturated carbocycles. The molecule has 0 amide bonds. The van der Waals surface area contributed by atoms with Gasteiger partial charge < -0.3 is 5.11 Å². The molecule has 0 radical (unpaired) electrons. The molecule has 0 fully saturated rings. The van der Waals surface area contributed by atoms with Crippen molar-refractivity contribution in [3.63, 3.8) is 0 Å². The van der Waals surface area contributed by atoms with E-state index in [1.54, 1.807) is 0 Å². The van der Waals surface area contributed by atoms with Crippen molar-refractivity contribution >= 4 is 31.5 Å². The van der Waals surface area contributed by atoms with E-state index < -0.39 is 23.9 Å². The van der Waals surface area contributed by atoms with Crippen LogP contribution in [-0.4, -0.2) is 5.11 Å². The molecule has 0 bridgehead atoms. The molecular weight excluding hydrogens is 192 g/mol. The number of rotatable bonds is 0. The summed E-state index contributed by atoms with van der Waals surface area (Å²) in [5.41, 5.74) is 0. The first-order chi connectivity index (χ1) is 9.77. The van der Waals surface area contributed by atoms with Crippen LogP contribution in [0.15, 0.2) is 42.3 Å². The molecule has 1 aromatic heterocycles. The van der Waals surface area contributed by atoms with Crippen LogP contribution in [0.25, 0.3) is 20.2 Å². The lowest BCUT2D eigenvalue weighted by molar-refractivity contribution is 0.482. The third kappa shape index (κ3) is 0.946. The zero-order valence-electron chi connectivity index (χ0n) is 13.9. The van der Waals surface area contributed by atoms with Crippen LogP contribution in [0.5, 0.6) is 5.75 Å². The first-order valence-corrected chi connectivity index (χ1v) is 4.70. The summed E-state index contributed by atoms with van der Waals surface area (Å²) >= 11 is 0.905. The highest BCUT2D eigenvalue weighted by Crippen LogP contribution is 2.38. The second-order valence-corrected chi connectivity index (χ2v) is 3.75. The zero-order chi connectivity index (χ0) is 15.6. The number of phenols is 1. The van der Waals surface area contributed by atoms with Gasteiger partial charge in [-0.25, -0.2) is 0 Å². The van der Waals surface area contributed by atoms with E-state index in [1.807, 2.05) is 0 Å². The van der Waals surface area contributed by atoms with Crippen LogP contribution < -0.4 is 0 Å². The Kier molecular flexibility index (Phi) is 0.691. The number of hydrogen-bond donors (Lipinski definition) is 1. The van der Waals surface area contributed by atoms with Crippen LogP contribution in [0, 0.1) is 0 Å². The fourth-order valence-corrected chi connectivity index (χ4v) is 2.28. The molecule has 0 aliphatic heterocycles. The minimum absolute atomic E-state index is 0.0977. The van der Waals surface area contributed by atoms with E-state index in [-0.39, 0.29) is 44.3 Å². The zero-order valence-corrected chi connectivity index (χ0v) is 7.67. The van der Waals surface area contributed by atoms with Crippen molar-refractivity contribution in [2.75, 3.05) is 0 Å². The predicted octanol–water partition coefficient (Wildman–Crippen LogP) is 3.76.